The Bertz CT molecular complexity index is 127. The molecule has 2 nitrogen and oxygen atoms in total. The van der Waals surface area contributed by atoms with Crippen molar-refractivity contribution >= 4 is 7.12 Å². The maximum atomic E-state index is 9.18. The molecule has 0 amide bonds. The van der Waals surface area contributed by atoms with Gasteiger partial charge in [0, 0.05) is 0 Å². The molecule has 1 aliphatic rings. The van der Waals surface area contributed by atoms with E-state index in [-0.39, 0.29) is 5.82 Å². The molecular weight excluding hydrogens is 175 g/mol. The molecule has 1 saturated carbocycles. The highest BCUT2D eigenvalue weighted by molar-refractivity contribution is 6.43. The Kier molecular flexibility index (Phi) is 6.29. The lowest BCUT2D eigenvalue weighted by Crippen LogP contribution is -2.20. The molecule has 0 aromatic carbocycles. The summed E-state index contributed by atoms with van der Waals surface area (Å²) in [6.07, 6.45) is 12.3. The molecule has 0 heterocycles. The zero-order valence-electron chi connectivity index (χ0n) is 9.12. The van der Waals surface area contributed by atoms with Crippen LogP contribution in [0.25, 0.3) is 0 Å². The summed E-state index contributed by atoms with van der Waals surface area (Å²) in [6, 6.07) is 0. The maximum Gasteiger partial charge on any atom is 0.454 e. The third-order valence-electron chi connectivity index (χ3n) is 3.32. The topological polar surface area (TPSA) is 40.5 Å². The van der Waals surface area contributed by atoms with Crippen molar-refractivity contribution < 1.29 is 10.0 Å². The van der Waals surface area contributed by atoms with Crippen LogP contribution in [0.5, 0.6) is 0 Å². The molecule has 0 atom stereocenters. The van der Waals surface area contributed by atoms with Crippen LogP contribution in [0.3, 0.4) is 0 Å². The van der Waals surface area contributed by atoms with E-state index in [9.17, 15) is 10.0 Å². The van der Waals surface area contributed by atoms with E-state index in [0.717, 1.165) is 12.8 Å². The van der Waals surface area contributed by atoms with Crippen molar-refractivity contribution in [2.45, 2.75) is 70.0 Å². The molecular formula is C11H23BO2. The molecule has 0 radical (unpaired) electrons. The summed E-state index contributed by atoms with van der Waals surface area (Å²) in [6.45, 7) is 0. The third kappa shape index (κ3) is 5.01. The van der Waals surface area contributed by atoms with Crippen LogP contribution < -0.4 is 0 Å². The largest absolute Gasteiger partial charge is 0.454 e. The Morgan fingerprint density at radius 1 is 0.643 bits per heavy atom. The molecule has 0 saturated heterocycles. The van der Waals surface area contributed by atoms with Gasteiger partial charge in [0.1, 0.15) is 0 Å². The van der Waals surface area contributed by atoms with Gasteiger partial charge in [-0.2, -0.15) is 0 Å². The van der Waals surface area contributed by atoms with E-state index in [1.54, 1.807) is 0 Å². The highest BCUT2D eigenvalue weighted by Crippen LogP contribution is 2.26. The summed E-state index contributed by atoms with van der Waals surface area (Å²) in [5.41, 5.74) is 0. The first-order valence-electron chi connectivity index (χ1n) is 6.17. The summed E-state index contributed by atoms with van der Waals surface area (Å²) < 4.78 is 0. The molecule has 0 aromatic heterocycles. The van der Waals surface area contributed by atoms with Gasteiger partial charge in [0.2, 0.25) is 0 Å². The fourth-order valence-corrected chi connectivity index (χ4v) is 2.32. The number of hydrogen-bond donors (Lipinski definition) is 2. The van der Waals surface area contributed by atoms with E-state index < -0.39 is 7.12 Å². The van der Waals surface area contributed by atoms with Crippen molar-refractivity contribution in [2.75, 3.05) is 0 Å². The second kappa shape index (κ2) is 7.30. The minimum absolute atomic E-state index is 0.132. The highest BCUT2D eigenvalue weighted by Gasteiger charge is 2.22. The lowest BCUT2D eigenvalue weighted by atomic mass is 9.67. The van der Waals surface area contributed by atoms with Crippen LogP contribution in [0, 0.1) is 0 Å². The van der Waals surface area contributed by atoms with Gasteiger partial charge in [-0.05, 0) is 5.82 Å². The second-order valence-corrected chi connectivity index (χ2v) is 4.58. The quantitative estimate of drug-likeness (QED) is 0.636. The van der Waals surface area contributed by atoms with Crippen LogP contribution in [-0.2, 0) is 0 Å². The first-order chi connectivity index (χ1) is 6.80. The van der Waals surface area contributed by atoms with Gasteiger partial charge in [-0.1, -0.05) is 64.2 Å². The average Bonchev–Trinajstić information content (AvgIpc) is 2.21. The zero-order chi connectivity index (χ0) is 10.2. The van der Waals surface area contributed by atoms with Crippen LogP contribution in [0.2, 0.25) is 5.82 Å². The molecule has 0 bridgehead atoms. The predicted octanol–water partition coefficient (Wildman–Crippen LogP) is 2.74. The number of rotatable bonds is 1. The van der Waals surface area contributed by atoms with E-state index in [1.807, 2.05) is 0 Å². The fourth-order valence-electron chi connectivity index (χ4n) is 2.32. The first-order valence-corrected chi connectivity index (χ1v) is 6.17. The van der Waals surface area contributed by atoms with E-state index in [4.69, 9.17) is 0 Å². The monoisotopic (exact) mass is 198 g/mol. The minimum Gasteiger partial charge on any atom is -0.427 e. The molecule has 1 fully saturated rings. The third-order valence-corrected chi connectivity index (χ3v) is 3.32. The van der Waals surface area contributed by atoms with Gasteiger partial charge >= 0.3 is 7.12 Å². The smallest absolute Gasteiger partial charge is 0.427 e. The molecule has 1 rings (SSSR count). The normalized spacial score (nSPS) is 22.7. The minimum atomic E-state index is -1.09. The van der Waals surface area contributed by atoms with Gasteiger partial charge in [-0.25, -0.2) is 0 Å². The Hall–Kier alpha value is -0.0151. The van der Waals surface area contributed by atoms with Gasteiger partial charge in [0.15, 0.2) is 0 Å². The standard InChI is InChI=1S/C11H23BO2/c13-12(14)11-9-7-5-3-1-2-4-6-8-10-11/h11,13-14H,1-10H2. The lowest BCUT2D eigenvalue weighted by molar-refractivity contribution is 0.366. The van der Waals surface area contributed by atoms with Gasteiger partial charge in [-0.3, -0.25) is 0 Å². The van der Waals surface area contributed by atoms with Gasteiger partial charge in [-0.15, -0.1) is 0 Å². The Labute approximate surface area is 87.9 Å². The first kappa shape index (κ1) is 12.1. The molecule has 0 spiro atoms. The molecule has 82 valence electrons. The summed E-state index contributed by atoms with van der Waals surface area (Å²) in [5, 5.41) is 18.4. The van der Waals surface area contributed by atoms with Crippen molar-refractivity contribution in [3.63, 3.8) is 0 Å². The molecule has 14 heavy (non-hydrogen) atoms. The summed E-state index contributed by atoms with van der Waals surface area (Å²) in [7, 11) is -1.09. The van der Waals surface area contributed by atoms with Gasteiger partial charge in [0.05, 0.1) is 0 Å². The fraction of sp³-hybridized carbons (Fsp3) is 1.00. The Morgan fingerprint density at radius 2 is 1.00 bits per heavy atom. The number of hydrogen-bond acceptors (Lipinski definition) is 2. The van der Waals surface area contributed by atoms with Crippen molar-refractivity contribution in [1.29, 1.82) is 0 Å². The van der Waals surface area contributed by atoms with Crippen LogP contribution in [0.1, 0.15) is 64.2 Å². The molecule has 0 aliphatic heterocycles. The molecule has 3 heteroatoms. The van der Waals surface area contributed by atoms with Crippen molar-refractivity contribution in [1.82, 2.24) is 0 Å². The molecule has 2 N–H and O–H groups in total. The van der Waals surface area contributed by atoms with Crippen LogP contribution >= 0.6 is 0 Å². The van der Waals surface area contributed by atoms with E-state index in [2.05, 4.69) is 0 Å². The van der Waals surface area contributed by atoms with Crippen LogP contribution in [-0.4, -0.2) is 17.2 Å². The Morgan fingerprint density at radius 3 is 1.36 bits per heavy atom. The van der Waals surface area contributed by atoms with Gasteiger partial charge < -0.3 is 10.0 Å². The van der Waals surface area contributed by atoms with E-state index in [1.165, 1.54) is 51.4 Å². The summed E-state index contributed by atoms with van der Waals surface area (Å²) in [4.78, 5) is 0. The molecule has 0 unspecified atom stereocenters. The Balaban J connectivity index is 2.27. The van der Waals surface area contributed by atoms with Crippen molar-refractivity contribution in [2.24, 2.45) is 0 Å². The van der Waals surface area contributed by atoms with Crippen molar-refractivity contribution in [3.05, 3.63) is 0 Å². The highest BCUT2D eigenvalue weighted by atomic mass is 16.4. The SMILES string of the molecule is OB(O)C1CCCCCCCCCC1. The lowest BCUT2D eigenvalue weighted by Gasteiger charge is -2.14. The van der Waals surface area contributed by atoms with Crippen LogP contribution in [0.15, 0.2) is 0 Å². The molecule has 0 aromatic rings. The second-order valence-electron chi connectivity index (χ2n) is 4.58. The summed E-state index contributed by atoms with van der Waals surface area (Å²) >= 11 is 0. The predicted molar refractivity (Wildman–Crippen MR) is 60.1 cm³/mol. The maximum absolute atomic E-state index is 9.18. The van der Waals surface area contributed by atoms with E-state index >= 15 is 0 Å². The van der Waals surface area contributed by atoms with Crippen molar-refractivity contribution in [3.8, 4) is 0 Å². The van der Waals surface area contributed by atoms with Crippen LogP contribution in [0.4, 0.5) is 0 Å². The van der Waals surface area contributed by atoms with Gasteiger partial charge in [0.25, 0.3) is 0 Å². The zero-order valence-corrected chi connectivity index (χ0v) is 9.12. The van der Waals surface area contributed by atoms with E-state index in [0.29, 0.717) is 0 Å². The molecule has 1 aliphatic carbocycles. The summed E-state index contributed by atoms with van der Waals surface area (Å²) in [5.74, 6) is 0.132. The average molecular weight is 198 g/mol.